The SMILES string of the molecule is COc1ccc(Cn2ncc(C#CC#N)c2C)cc1. The van der Waals surface area contributed by atoms with Crippen LogP contribution in [0.3, 0.4) is 0 Å². The molecular formula is C15H13N3O. The minimum absolute atomic E-state index is 0.671. The van der Waals surface area contributed by atoms with Gasteiger partial charge in [-0.3, -0.25) is 4.68 Å². The zero-order chi connectivity index (χ0) is 13.7. The molecule has 2 aromatic rings. The predicted molar refractivity (Wildman–Crippen MR) is 71.6 cm³/mol. The lowest BCUT2D eigenvalue weighted by Gasteiger charge is -2.06. The number of methoxy groups -OCH3 is 1. The number of hydrogen-bond acceptors (Lipinski definition) is 3. The van der Waals surface area contributed by atoms with E-state index in [9.17, 15) is 0 Å². The first kappa shape index (κ1) is 12.7. The molecule has 0 N–H and O–H groups in total. The van der Waals surface area contributed by atoms with Crippen molar-refractivity contribution in [1.29, 1.82) is 5.26 Å². The van der Waals surface area contributed by atoms with Crippen LogP contribution in [-0.4, -0.2) is 16.9 Å². The van der Waals surface area contributed by atoms with Gasteiger partial charge in [0.25, 0.3) is 0 Å². The first-order chi connectivity index (χ1) is 9.24. The summed E-state index contributed by atoms with van der Waals surface area (Å²) in [7, 11) is 1.65. The zero-order valence-corrected chi connectivity index (χ0v) is 10.8. The molecule has 1 aromatic heterocycles. The molecule has 0 saturated carbocycles. The fourth-order valence-electron chi connectivity index (χ4n) is 1.73. The van der Waals surface area contributed by atoms with Gasteiger partial charge in [-0.1, -0.05) is 12.1 Å². The molecule has 2 rings (SSSR count). The molecule has 0 aliphatic carbocycles. The summed E-state index contributed by atoms with van der Waals surface area (Å²) < 4.78 is 6.98. The van der Waals surface area contributed by atoms with Gasteiger partial charge in [-0.15, -0.1) is 0 Å². The van der Waals surface area contributed by atoms with Crippen molar-refractivity contribution in [3.8, 4) is 23.7 Å². The maximum absolute atomic E-state index is 8.45. The molecular weight excluding hydrogens is 238 g/mol. The molecule has 0 radical (unpaired) electrons. The molecule has 0 unspecified atom stereocenters. The molecule has 94 valence electrons. The second-order valence-corrected chi connectivity index (χ2v) is 4.01. The molecule has 0 aliphatic rings. The van der Waals surface area contributed by atoms with E-state index in [0.29, 0.717) is 6.54 Å². The lowest BCUT2D eigenvalue weighted by atomic mass is 10.2. The molecule has 1 heterocycles. The van der Waals surface area contributed by atoms with E-state index < -0.39 is 0 Å². The minimum Gasteiger partial charge on any atom is -0.497 e. The van der Waals surface area contributed by atoms with Gasteiger partial charge in [0, 0.05) is 5.92 Å². The van der Waals surface area contributed by atoms with Crippen LogP contribution in [0.4, 0.5) is 0 Å². The summed E-state index contributed by atoms with van der Waals surface area (Å²) >= 11 is 0. The molecule has 0 saturated heterocycles. The first-order valence-corrected chi connectivity index (χ1v) is 5.80. The highest BCUT2D eigenvalue weighted by atomic mass is 16.5. The van der Waals surface area contributed by atoms with Crippen molar-refractivity contribution in [3.63, 3.8) is 0 Å². The van der Waals surface area contributed by atoms with E-state index >= 15 is 0 Å². The monoisotopic (exact) mass is 251 g/mol. The standard InChI is InChI=1S/C15H13N3O/c1-12-14(4-3-9-16)10-17-18(12)11-13-5-7-15(19-2)8-6-13/h5-8,10H,11H2,1-2H3. The second kappa shape index (κ2) is 5.75. The summed E-state index contributed by atoms with van der Waals surface area (Å²) in [6.45, 7) is 2.61. The van der Waals surface area contributed by atoms with Gasteiger partial charge >= 0.3 is 0 Å². The summed E-state index contributed by atoms with van der Waals surface area (Å²) in [5.41, 5.74) is 2.88. The Labute approximate surface area is 112 Å². The van der Waals surface area contributed by atoms with Crippen molar-refractivity contribution in [2.24, 2.45) is 0 Å². The smallest absolute Gasteiger partial charge is 0.152 e. The number of nitrogens with zero attached hydrogens (tertiary/aromatic N) is 3. The number of rotatable bonds is 3. The third-order valence-corrected chi connectivity index (χ3v) is 2.85. The summed E-state index contributed by atoms with van der Waals surface area (Å²) in [6, 6.07) is 9.65. The van der Waals surface area contributed by atoms with Gasteiger partial charge in [0.15, 0.2) is 6.07 Å². The van der Waals surface area contributed by atoms with Crippen molar-refractivity contribution in [1.82, 2.24) is 9.78 Å². The molecule has 0 fully saturated rings. The third-order valence-electron chi connectivity index (χ3n) is 2.85. The number of hydrogen-bond donors (Lipinski definition) is 0. The van der Waals surface area contributed by atoms with E-state index in [0.717, 1.165) is 22.6 Å². The van der Waals surface area contributed by atoms with Crippen LogP contribution < -0.4 is 4.74 Å². The quantitative estimate of drug-likeness (QED) is 0.785. The molecule has 19 heavy (non-hydrogen) atoms. The average Bonchev–Trinajstić information content (AvgIpc) is 2.78. The van der Waals surface area contributed by atoms with Crippen molar-refractivity contribution < 1.29 is 4.74 Å². The normalized spacial score (nSPS) is 9.32. The molecule has 4 nitrogen and oxygen atoms in total. The van der Waals surface area contributed by atoms with Gasteiger partial charge in [-0.05, 0) is 30.5 Å². The molecule has 0 aliphatic heterocycles. The van der Waals surface area contributed by atoms with Crippen LogP contribution in [0.5, 0.6) is 5.75 Å². The molecule has 1 aromatic carbocycles. The van der Waals surface area contributed by atoms with E-state index in [1.165, 1.54) is 0 Å². The van der Waals surface area contributed by atoms with Crippen LogP contribution in [0.2, 0.25) is 0 Å². The van der Waals surface area contributed by atoms with Gasteiger partial charge in [0.2, 0.25) is 0 Å². The highest BCUT2D eigenvalue weighted by molar-refractivity contribution is 5.39. The van der Waals surface area contributed by atoms with E-state index in [2.05, 4.69) is 16.9 Å². The largest absolute Gasteiger partial charge is 0.497 e. The Balaban J connectivity index is 2.19. The zero-order valence-electron chi connectivity index (χ0n) is 10.8. The van der Waals surface area contributed by atoms with Crippen LogP contribution in [0.1, 0.15) is 16.8 Å². The molecule has 4 heteroatoms. The fraction of sp³-hybridized carbons (Fsp3) is 0.200. The first-order valence-electron chi connectivity index (χ1n) is 5.80. The van der Waals surface area contributed by atoms with Crippen LogP contribution >= 0.6 is 0 Å². The van der Waals surface area contributed by atoms with E-state index in [4.69, 9.17) is 10.00 Å². The lowest BCUT2D eigenvalue weighted by molar-refractivity contribution is 0.414. The van der Waals surface area contributed by atoms with Gasteiger partial charge in [-0.25, -0.2) is 0 Å². The average molecular weight is 251 g/mol. The Morgan fingerprint density at radius 1 is 1.32 bits per heavy atom. The number of ether oxygens (including phenoxy) is 1. The minimum atomic E-state index is 0.671. The highest BCUT2D eigenvalue weighted by Gasteiger charge is 2.05. The van der Waals surface area contributed by atoms with E-state index in [1.54, 1.807) is 19.4 Å². The lowest BCUT2D eigenvalue weighted by Crippen LogP contribution is -2.03. The van der Waals surface area contributed by atoms with Crippen molar-refractivity contribution in [2.75, 3.05) is 7.11 Å². The summed E-state index contributed by atoms with van der Waals surface area (Å²) in [5, 5.41) is 12.7. The van der Waals surface area contributed by atoms with Crippen molar-refractivity contribution in [3.05, 3.63) is 47.3 Å². The molecule has 0 bridgehead atoms. The van der Waals surface area contributed by atoms with Gasteiger partial charge in [0.05, 0.1) is 31.1 Å². The van der Waals surface area contributed by atoms with Crippen LogP contribution in [0.25, 0.3) is 0 Å². The Morgan fingerprint density at radius 3 is 2.68 bits per heavy atom. The van der Waals surface area contributed by atoms with Crippen LogP contribution in [0, 0.1) is 30.1 Å². The highest BCUT2D eigenvalue weighted by Crippen LogP contribution is 2.13. The van der Waals surface area contributed by atoms with Gasteiger partial charge in [-0.2, -0.15) is 10.4 Å². The number of aromatic nitrogens is 2. The van der Waals surface area contributed by atoms with Crippen LogP contribution in [-0.2, 0) is 6.54 Å². The van der Waals surface area contributed by atoms with Gasteiger partial charge < -0.3 is 4.74 Å². The van der Waals surface area contributed by atoms with E-state index in [1.807, 2.05) is 35.9 Å². The summed E-state index contributed by atoms with van der Waals surface area (Å²) in [4.78, 5) is 0. The number of benzene rings is 1. The van der Waals surface area contributed by atoms with Crippen molar-refractivity contribution >= 4 is 0 Å². The fourth-order valence-corrected chi connectivity index (χ4v) is 1.73. The van der Waals surface area contributed by atoms with E-state index in [-0.39, 0.29) is 0 Å². The van der Waals surface area contributed by atoms with Crippen molar-refractivity contribution in [2.45, 2.75) is 13.5 Å². The topological polar surface area (TPSA) is 50.8 Å². The summed E-state index contributed by atoms with van der Waals surface area (Å²) in [6.07, 6.45) is 1.68. The Hall–Kier alpha value is -2.72. The summed E-state index contributed by atoms with van der Waals surface area (Å²) in [5.74, 6) is 5.99. The maximum atomic E-state index is 8.45. The Morgan fingerprint density at radius 2 is 2.05 bits per heavy atom. The molecule has 0 spiro atoms. The van der Waals surface area contributed by atoms with Gasteiger partial charge in [0.1, 0.15) is 5.75 Å². The predicted octanol–water partition coefficient (Wildman–Crippen LogP) is 2.12. The number of nitriles is 1. The Bertz CT molecular complexity index is 666. The third kappa shape index (κ3) is 2.94. The van der Waals surface area contributed by atoms with Crippen LogP contribution in [0.15, 0.2) is 30.5 Å². The maximum Gasteiger partial charge on any atom is 0.152 e. The second-order valence-electron chi connectivity index (χ2n) is 4.01. The molecule has 0 amide bonds. The molecule has 0 atom stereocenters. The Kier molecular flexibility index (Phi) is 3.85.